The van der Waals surface area contributed by atoms with E-state index in [1.807, 2.05) is 40.1 Å². The third kappa shape index (κ3) is 7.42. The van der Waals surface area contributed by atoms with Crippen LogP contribution in [0.5, 0.6) is 0 Å². The molecule has 4 N–H and O–H groups in total. The summed E-state index contributed by atoms with van der Waals surface area (Å²) in [5.74, 6) is 1.53. The maximum absolute atomic E-state index is 15.2. The van der Waals surface area contributed by atoms with Crippen LogP contribution in [0, 0.1) is 11.8 Å². The summed E-state index contributed by atoms with van der Waals surface area (Å²) in [4.78, 5) is 71.7. The molecule has 10 rings (SSSR count). The van der Waals surface area contributed by atoms with Crippen molar-refractivity contribution >= 4 is 24.0 Å². The summed E-state index contributed by atoms with van der Waals surface area (Å²) in [6, 6.07) is 6.01. The molecule has 4 heterocycles. The van der Waals surface area contributed by atoms with Crippen molar-refractivity contribution in [2.75, 3.05) is 27.3 Å². The lowest BCUT2D eigenvalue weighted by Crippen LogP contribution is -2.51. The van der Waals surface area contributed by atoms with Crippen molar-refractivity contribution in [2.24, 2.45) is 11.8 Å². The minimum atomic E-state index is -1.23. The van der Waals surface area contributed by atoms with Crippen LogP contribution in [0.3, 0.4) is 0 Å². The summed E-state index contributed by atoms with van der Waals surface area (Å²) >= 11 is 0. The summed E-state index contributed by atoms with van der Waals surface area (Å²) in [6.07, 6.45) is 6.67. The number of halogens is 2. The quantitative estimate of drug-likeness (QED) is 0.116. The fraction of sp³-hybridized carbons (Fsp3) is 0.560. The number of amides is 4. The molecule has 2 aliphatic heterocycles. The molecular weight excluding hydrogens is 847 g/mol. The molecule has 350 valence electrons. The van der Waals surface area contributed by atoms with E-state index in [-0.39, 0.29) is 49.6 Å². The molecule has 2 aromatic heterocycles. The first-order chi connectivity index (χ1) is 31.7. The van der Waals surface area contributed by atoms with Gasteiger partial charge in [-0.3, -0.25) is 9.59 Å². The van der Waals surface area contributed by atoms with Crippen molar-refractivity contribution < 1.29 is 37.4 Å². The second-order valence-electron chi connectivity index (χ2n) is 20.1. The Labute approximate surface area is 383 Å². The zero-order chi connectivity index (χ0) is 46.3. The van der Waals surface area contributed by atoms with Gasteiger partial charge >= 0.3 is 12.2 Å². The number of fused-ring (bicyclic) bond motifs is 10. The van der Waals surface area contributed by atoms with Crippen LogP contribution in [0.1, 0.15) is 149 Å². The lowest BCUT2D eigenvalue weighted by molar-refractivity contribution is -0.136. The normalized spacial score (nSPS) is 26.8. The monoisotopic (exact) mass is 906 g/mol. The number of alkyl halides is 2. The number of ether oxygens (including phenoxy) is 2. The van der Waals surface area contributed by atoms with Crippen molar-refractivity contribution in [1.29, 1.82) is 0 Å². The van der Waals surface area contributed by atoms with E-state index in [1.54, 1.807) is 0 Å². The van der Waals surface area contributed by atoms with Crippen LogP contribution in [0.25, 0.3) is 33.6 Å². The number of carbonyl (C=O) groups is 4. The molecule has 0 radical (unpaired) electrons. The van der Waals surface area contributed by atoms with Crippen LogP contribution < -0.4 is 10.6 Å². The van der Waals surface area contributed by atoms with E-state index in [1.165, 1.54) is 57.4 Å². The Balaban J connectivity index is 0.966. The Morgan fingerprint density at radius 2 is 0.939 bits per heavy atom. The molecule has 10 atom stereocenters. The number of hydrogen-bond acceptors (Lipinski definition) is 8. The van der Waals surface area contributed by atoms with E-state index in [4.69, 9.17) is 19.4 Å². The maximum Gasteiger partial charge on any atom is 0.407 e. The second kappa shape index (κ2) is 17.1. The average Bonchev–Trinajstić information content (AvgIpc) is 4.17. The smallest absolute Gasteiger partial charge is 0.407 e. The predicted molar refractivity (Wildman–Crippen MR) is 242 cm³/mol. The molecule has 66 heavy (non-hydrogen) atoms. The largest absolute Gasteiger partial charge is 0.453 e. The number of aromatic nitrogens is 4. The number of likely N-dealkylation sites (tertiary alicyclic amines) is 2. The van der Waals surface area contributed by atoms with Gasteiger partial charge in [0.15, 0.2) is 0 Å². The number of aromatic amines is 2. The van der Waals surface area contributed by atoms with Gasteiger partial charge in [0.1, 0.15) is 36.1 Å². The highest BCUT2D eigenvalue weighted by atomic mass is 19.1. The van der Waals surface area contributed by atoms with Gasteiger partial charge < -0.3 is 39.9 Å². The van der Waals surface area contributed by atoms with Gasteiger partial charge in [0.25, 0.3) is 0 Å². The molecule has 4 aromatic rings. The third-order valence-electron chi connectivity index (χ3n) is 15.6. The average molecular weight is 907 g/mol. The van der Waals surface area contributed by atoms with Crippen LogP contribution in [0.4, 0.5) is 18.4 Å². The van der Waals surface area contributed by atoms with Gasteiger partial charge in [0, 0.05) is 24.0 Å². The highest BCUT2D eigenvalue weighted by Gasteiger charge is 2.47. The Morgan fingerprint density at radius 3 is 1.29 bits per heavy atom. The standard InChI is InChI=1S/C50H60F2N8O6/c1-23(2)43(57-49(63)65-5)47(61)59-21-29(51)17-37(59)45-53-19-35(55-45)33-13-11-31(39-25-7-9-27(15-25)41(33)39)32-12-14-34(42-28-10-8-26(16-28)40(32)42)36-20-54-46(56-36)38-18-30(52)22-60(38)48(62)44(24(3)4)58-50(64)66-6/h11-14,19-20,23-30,37-38,43-44H,7-10,15-18,21-22H2,1-6H3,(H,53,55)(H,54,56)(H,57,63)(H,58,64). The first kappa shape index (κ1) is 44.1. The van der Waals surface area contributed by atoms with Gasteiger partial charge in [-0.25, -0.2) is 28.3 Å². The third-order valence-corrected chi connectivity index (χ3v) is 15.6. The molecule has 4 aliphatic carbocycles. The van der Waals surface area contributed by atoms with Gasteiger partial charge in [0.05, 0.1) is 63.2 Å². The SMILES string of the molecule is COC(=O)NC(C(=O)N1CC(F)CC1c1ncc(-c2ccc(-c3ccc(-c4cnc(C5CC(F)CN5C(=O)C(NC(=O)OC)C(C)C)[nH]4)c4c3C3CCC4C3)c3c2C2CCC3C2)[nH]1)C(C)C. The molecule has 10 unspecified atom stereocenters. The fourth-order valence-electron chi connectivity index (χ4n) is 12.6. The number of nitrogens with zero attached hydrogens (tertiary/aromatic N) is 4. The van der Waals surface area contributed by atoms with Crippen LogP contribution >= 0.6 is 0 Å². The first-order valence-electron chi connectivity index (χ1n) is 23.8. The van der Waals surface area contributed by atoms with Crippen molar-refractivity contribution in [2.45, 2.75) is 139 Å². The van der Waals surface area contributed by atoms with Gasteiger partial charge in [-0.15, -0.1) is 0 Å². The minimum Gasteiger partial charge on any atom is -0.453 e. The number of methoxy groups -OCH3 is 2. The number of imidazole rings is 2. The molecule has 4 fully saturated rings. The zero-order valence-electron chi connectivity index (χ0n) is 38.5. The molecule has 4 bridgehead atoms. The van der Waals surface area contributed by atoms with Crippen molar-refractivity contribution in [3.8, 4) is 33.6 Å². The predicted octanol–water partition coefficient (Wildman–Crippen LogP) is 8.85. The van der Waals surface area contributed by atoms with Crippen LogP contribution in [0.15, 0.2) is 36.7 Å². The van der Waals surface area contributed by atoms with E-state index >= 15 is 8.78 Å². The summed E-state index contributed by atoms with van der Waals surface area (Å²) in [5, 5.41) is 5.28. The Bertz CT molecular complexity index is 2400. The number of alkyl carbamates (subject to hydrolysis) is 2. The number of benzene rings is 2. The summed E-state index contributed by atoms with van der Waals surface area (Å²) in [7, 11) is 2.50. The summed E-state index contributed by atoms with van der Waals surface area (Å²) in [5.41, 5.74) is 12.0. The molecule has 0 spiro atoms. The number of hydrogen-bond donors (Lipinski definition) is 4. The molecule has 6 aliphatic rings. The van der Waals surface area contributed by atoms with Gasteiger partial charge in [-0.2, -0.15) is 0 Å². The van der Waals surface area contributed by atoms with Crippen LogP contribution in [0.2, 0.25) is 0 Å². The highest BCUT2D eigenvalue weighted by molar-refractivity contribution is 5.88. The molecule has 2 aromatic carbocycles. The number of nitrogens with one attached hydrogen (secondary N) is 4. The topological polar surface area (TPSA) is 175 Å². The zero-order valence-corrected chi connectivity index (χ0v) is 38.5. The molecule has 4 amide bonds. The van der Waals surface area contributed by atoms with E-state index in [0.717, 1.165) is 61.0 Å². The lowest BCUT2D eigenvalue weighted by Gasteiger charge is -2.29. The maximum atomic E-state index is 15.2. The Morgan fingerprint density at radius 1 is 0.591 bits per heavy atom. The lowest BCUT2D eigenvalue weighted by atomic mass is 9.78. The Kier molecular flexibility index (Phi) is 11.4. The number of rotatable bonds is 11. The second-order valence-corrected chi connectivity index (χ2v) is 20.1. The van der Waals surface area contributed by atoms with Crippen LogP contribution in [-0.2, 0) is 19.1 Å². The number of carbonyl (C=O) groups excluding carboxylic acids is 4. The molecule has 14 nitrogen and oxygen atoms in total. The molecule has 2 saturated carbocycles. The molecule has 16 heteroatoms. The molecule has 2 saturated heterocycles. The summed E-state index contributed by atoms with van der Waals surface area (Å²) < 4.78 is 39.9. The van der Waals surface area contributed by atoms with Gasteiger partial charge in [-0.1, -0.05) is 52.0 Å². The van der Waals surface area contributed by atoms with Gasteiger partial charge in [-0.05, 0) is 107 Å². The van der Waals surface area contributed by atoms with Crippen LogP contribution in [-0.4, -0.2) is 105 Å². The molecular formula is C50H60F2N8O6. The fourth-order valence-corrected chi connectivity index (χ4v) is 12.6. The van der Waals surface area contributed by atoms with E-state index in [0.29, 0.717) is 35.3 Å². The van der Waals surface area contributed by atoms with Crippen molar-refractivity contribution in [1.82, 2.24) is 40.4 Å². The van der Waals surface area contributed by atoms with E-state index in [2.05, 4.69) is 44.9 Å². The summed E-state index contributed by atoms with van der Waals surface area (Å²) in [6.45, 7) is 7.17. The highest BCUT2D eigenvalue weighted by Crippen LogP contribution is 2.62. The van der Waals surface area contributed by atoms with E-state index < -0.39 is 48.7 Å². The van der Waals surface area contributed by atoms with Crippen molar-refractivity contribution in [3.63, 3.8) is 0 Å². The minimum absolute atomic E-state index is 0.0812. The van der Waals surface area contributed by atoms with Gasteiger partial charge in [0.2, 0.25) is 11.8 Å². The first-order valence-corrected chi connectivity index (χ1v) is 23.8. The van der Waals surface area contributed by atoms with Crippen molar-refractivity contribution in [3.05, 3.63) is 70.6 Å². The Hall–Kier alpha value is -5.80. The van der Waals surface area contributed by atoms with E-state index in [9.17, 15) is 19.2 Å². The number of H-pyrrole nitrogens is 2.